The van der Waals surface area contributed by atoms with Gasteiger partial charge in [-0.25, -0.2) is 4.79 Å². The second-order valence-electron chi connectivity index (χ2n) is 4.10. The molecule has 0 saturated heterocycles. The van der Waals surface area contributed by atoms with E-state index in [2.05, 4.69) is 14.5 Å². The lowest BCUT2D eigenvalue weighted by Crippen LogP contribution is -2.30. The summed E-state index contributed by atoms with van der Waals surface area (Å²) >= 11 is 0. The van der Waals surface area contributed by atoms with Crippen molar-refractivity contribution < 1.29 is 23.9 Å². The predicted molar refractivity (Wildman–Crippen MR) is 70.1 cm³/mol. The Labute approximate surface area is 114 Å². The molecule has 1 aromatic heterocycles. The fourth-order valence-corrected chi connectivity index (χ4v) is 2.04. The van der Waals surface area contributed by atoms with E-state index in [0.717, 1.165) is 19.7 Å². The number of Topliss-reactive ketones (excluding diaryl/α,β-unsaturated/α-hetero) is 1. The van der Waals surface area contributed by atoms with Gasteiger partial charge in [0.15, 0.2) is 5.92 Å². The van der Waals surface area contributed by atoms with Gasteiger partial charge < -0.3 is 14.5 Å². The van der Waals surface area contributed by atoms with E-state index in [9.17, 15) is 14.4 Å². The molecule has 0 spiro atoms. The Balaban J connectivity index is 2.54. The normalized spacial score (nSPS) is 11.9. The highest BCUT2D eigenvalue weighted by Gasteiger charge is 2.36. The van der Waals surface area contributed by atoms with Gasteiger partial charge in [-0.05, 0) is 11.6 Å². The van der Waals surface area contributed by atoms with E-state index in [1.54, 1.807) is 18.2 Å². The Kier molecular flexibility index (Phi) is 3.84. The van der Waals surface area contributed by atoms with Gasteiger partial charge in [0.05, 0.1) is 14.2 Å². The SMILES string of the molecule is COC(=O)C(=O)C(C(=O)OC)c1c[nH]c2ccccc12. The van der Waals surface area contributed by atoms with Crippen molar-refractivity contribution in [3.05, 3.63) is 36.0 Å². The number of nitrogens with one attached hydrogen (secondary N) is 1. The summed E-state index contributed by atoms with van der Waals surface area (Å²) in [7, 11) is 2.25. The van der Waals surface area contributed by atoms with Crippen molar-refractivity contribution in [3.8, 4) is 0 Å². The third kappa shape index (κ3) is 2.27. The molecule has 6 heteroatoms. The lowest BCUT2D eigenvalue weighted by molar-refractivity contribution is -0.157. The number of esters is 2. The summed E-state index contributed by atoms with van der Waals surface area (Å²) in [5.41, 5.74) is 1.15. The van der Waals surface area contributed by atoms with E-state index < -0.39 is 23.6 Å². The number of hydrogen-bond donors (Lipinski definition) is 1. The molecule has 0 fully saturated rings. The van der Waals surface area contributed by atoms with Crippen LogP contribution in [-0.2, 0) is 23.9 Å². The number of ketones is 1. The molecule has 0 aliphatic heterocycles. The van der Waals surface area contributed by atoms with Crippen molar-refractivity contribution in [2.75, 3.05) is 14.2 Å². The number of fused-ring (bicyclic) bond motifs is 1. The fourth-order valence-electron chi connectivity index (χ4n) is 2.04. The Morgan fingerprint density at radius 2 is 1.80 bits per heavy atom. The van der Waals surface area contributed by atoms with Gasteiger partial charge in [0.1, 0.15) is 0 Å². The minimum atomic E-state index is -1.33. The summed E-state index contributed by atoms with van der Waals surface area (Å²) in [6.45, 7) is 0. The number of rotatable bonds is 4. The number of H-pyrrole nitrogens is 1. The first-order chi connectivity index (χ1) is 9.60. The van der Waals surface area contributed by atoms with Crippen LogP contribution in [0.5, 0.6) is 0 Å². The molecule has 1 heterocycles. The zero-order valence-electron chi connectivity index (χ0n) is 11.0. The molecule has 2 aromatic rings. The van der Waals surface area contributed by atoms with Crippen molar-refractivity contribution in [3.63, 3.8) is 0 Å². The Morgan fingerprint density at radius 3 is 2.45 bits per heavy atom. The van der Waals surface area contributed by atoms with Crippen LogP contribution in [0, 0.1) is 0 Å². The third-order valence-corrected chi connectivity index (χ3v) is 3.02. The monoisotopic (exact) mass is 275 g/mol. The van der Waals surface area contributed by atoms with Crippen LogP contribution in [0.2, 0.25) is 0 Å². The van der Waals surface area contributed by atoms with E-state index in [1.807, 2.05) is 6.07 Å². The first kappa shape index (κ1) is 13.8. The smallest absolute Gasteiger partial charge is 0.375 e. The van der Waals surface area contributed by atoms with Crippen LogP contribution >= 0.6 is 0 Å². The molecule has 1 aromatic carbocycles. The van der Waals surface area contributed by atoms with Gasteiger partial charge in [0.25, 0.3) is 5.78 Å². The van der Waals surface area contributed by atoms with Gasteiger partial charge >= 0.3 is 11.9 Å². The summed E-state index contributed by atoms with van der Waals surface area (Å²) in [4.78, 5) is 38.2. The molecule has 104 valence electrons. The highest BCUT2D eigenvalue weighted by Crippen LogP contribution is 2.27. The minimum absolute atomic E-state index is 0.392. The molecule has 1 atom stereocenters. The highest BCUT2D eigenvalue weighted by atomic mass is 16.5. The number of para-hydroxylation sites is 1. The van der Waals surface area contributed by atoms with E-state index in [0.29, 0.717) is 10.9 Å². The van der Waals surface area contributed by atoms with Crippen molar-refractivity contribution in [1.29, 1.82) is 0 Å². The second kappa shape index (κ2) is 5.56. The number of methoxy groups -OCH3 is 2. The molecule has 0 amide bonds. The molecule has 0 radical (unpaired) electrons. The molecular weight excluding hydrogens is 262 g/mol. The predicted octanol–water partition coefficient (Wildman–Crippen LogP) is 1.17. The molecule has 0 bridgehead atoms. The van der Waals surface area contributed by atoms with Gasteiger partial charge in [-0.2, -0.15) is 0 Å². The molecule has 0 aliphatic rings. The van der Waals surface area contributed by atoms with Gasteiger partial charge in [-0.1, -0.05) is 18.2 Å². The van der Waals surface area contributed by atoms with Crippen LogP contribution in [0.25, 0.3) is 10.9 Å². The van der Waals surface area contributed by atoms with Crippen LogP contribution in [0.4, 0.5) is 0 Å². The lowest BCUT2D eigenvalue weighted by Gasteiger charge is -2.11. The zero-order valence-corrected chi connectivity index (χ0v) is 11.0. The summed E-state index contributed by atoms with van der Waals surface area (Å²) in [5.74, 6) is -4.16. The van der Waals surface area contributed by atoms with Crippen LogP contribution < -0.4 is 0 Å². The molecule has 6 nitrogen and oxygen atoms in total. The zero-order chi connectivity index (χ0) is 14.7. The van der Waals surface area contributed by atoms with Crippen molar-refractivity contribution in [1.82, 2.24) is 4.98 Å². The van der Waals surface area contributed by atoms with Crippen molar-refractivity contribution in [2.45, 2.75) is 5.92 Å². The first-order valence-electron chi connectivity index (χ1n) is 5.86. The number of aromatic amines is 1. The Bertz CT molecular complexity index is 673. The van der Waals surface area contributed by atoms with E-state index >= 15 is 0 Å². The summed E-state index contributed by atoms with van der Waals surface area (Å²) < 4.78 is 9.01. The largest absolute Gasteiger partial charge is 0.468 e. The highest BCUT2D eigenvalue weighted by molar-refractivity contribution is 6.40. The maximum atomic E-state index is 12.0. The molecule has 2 rings (SSSR count). The van der Waals surface area contributed by atoms with Crippen LogP contribution in [0.15, 0.2) is 30.5 Å². The number of hydrogen-bond acceptors (Lipinski definition) is 5. The first-order valence-corrected chi connectivity index (χ1v) is 5.86. The van der Waals surface area contributed by atoms with E-state index in [-0.39, 0.29) is 0 Å². The van der Waals surface area contributed by atoms with E-state index in [1.165, 1.54) is 6.20 Å². The third-order valence-electron chi connectivity index (χ3n) is 3.02. The summed E-state index contributed by atoms with van der Waals surface area (Å²) in [6.07, 6.45) is 1.52. The molecule has 0 aliphatic carbocycles. The van der Waals surface area contributed by atoms with E-state index in [4.69, 9.17) is 0 Å². The second-order valence-corrected chi connectivity index (χ2v) is 4.10. The van der Waals surface area contributed by atoms with Gasteiger partial charge in [-0.3, -0.25) is 9.59 Å². The number of carbonyl (C=O) groups is 3. The molecular formula is C14H13NO5. The Hall–Kier alpha value is -2.63. The Morgan fingerprint density at radius 1 is 1.10 bits per heavy atom. The quantitative estimate of drug-likeness (QED) is 0.514. The fraction of sp³-hybridized carbons (Fsp3) is 0.214. The maximum Gasteiger partial charge on any atom is 0.375 e. The summed E-state index contributed by atoms with van der Waals surface area (Å²) in [6, 6.07) is 7.14. The number of carbonyl (C=O) groups excluding carboxylic acids is 3. The number of benzene rings is 1. The van der Waals surface area contributed by atoms with Gasteiger partial charge in [0, 0.05) is 17.1 Å². The van der Waals surface area contributed by atoms with Crippen LogP contribution in [-0.4, -0.2) is 36.9 Å². The number of ether oxygens (including phenoxy) is 2. The standard InChI is InChI=1S/C14H13NO5/c1-19-13(17)11(12(16)14(18)20-2)9-7-15-10-6-4-3-5-8(9)10/h3-7,11,15H,1-2H3. The van der Waals surface area contributed by atoms with Crippen molar-refractivity contribution >= 4 is 28.6 Å². The van der Waals surface area contributed by atoms with Gasteiger partial charge in [0.2, 0.25) is 0 Å². The summed E-state index contributed by atoms with van der Waals surface area (Å²) in [5, 5.41) is 0.681. The van der Waals surface area contributed by atoms with Crippen molar-refractivity contribution in [2.24, 2.45) is 0 Å². The van der Waals surface area contributed by atoms with Crippen LogP contribution in [0.3, 0.4) is 0 Å². The topological polar surface area (TPSA) is 85.5 Å². The molecule has 20 heavy (non-hydrogen) atoms. The minimum Gasteiger partial charge on any atom is -0.468 e. The van der Waals surface area contributed by atoms with Gasteiger partial charge in [-0.15, -0.1) is 0 Å². The average molecular weight is 275 g/mol. The average Bonchev–Trinajstić information content (AvgIpc) is 2.90. The molecule has 1 unspecified atom stereocenters. The molecule has 0 saturated carbocycles. The lowest BCUT2D eigenvalue weighted by atomic mass is 9.94. The van der Waals surface area contributed by atoms with Crippen LogP contribution in [0.1, 0.15) is 11.5 Å². The molecule has 1 N–H and O–H groups in total. The number of aromatic nitrogens is 1. The maximum absolute atomic E-state index is 12.0.